The Kier molecular flexibility index (Phi) is 8.64. The molecule has 1 nitrogen and oxygen atoms in total. The van der Waals surface area contributed by atoms with E-state index in [-0.39, 0.29) is 10.8 Å². The lowest BCUT2D eigenvalue weighted by molar-refractivity contribution is -0.139. The summed E-state index contributed by atoms with van der Waals surface area (Å²) in [5.41, 5.74) is 0.221. The van der Waals surface area contributed by atoms with Crippen LogP contribution in [0.3, 0.4) is 0 Å². The van der Waals surface area contributed by atoms with Crippen molar-refractivity contribution in [3.63, 3.8) is 0 Å². The summed E-state index contributed by atoms with van der Waals surface area (Å²) in [6.45, 7) is 16.9. The molecule has 0 spiro atoms. The molecule has 0 aromatic heterocycles. The van der Waals surface area contributed by atoms with Crippen molar-refractivity contribution in [1.82, 2.24) is 0 Å². The minimum atomic E-state index is -0.177. The number of carbonyl (C=O) groups is 1. The molecule has 0 N–H and O–H groups in total. The third-order valence-electron chi connectivity index (χ3n) is 11.2. The predicted molar refractivity (Wildman–Crippen MR) is 139 cm³/mol. The molecule has 0 aromatic carbocycles. The molecule has 0 aliphatic heterocycles. The molecule has 32 heavy (non-hydrogen) atoms. The number of Topliss-reactive ketones (excluding diaryl/α,β-unsaturated/α-hetero) is 1. The molecule has 0 saturated heterocycles. The van der Waals surface area contributed by atoms with Crippen molar-refractivity contribution in [2.45, 2.75) is 145 Å². The average Bonchev–Trinajstić information content (AvgIpc) is 2.94. The normalized spacial score (nSPS) is 41.8. The molecule has 3 aliphatic carbocycles. The van der Waals surface area contributed by atoms with Gasteiger partial charge in [-0.15, -0.1) is 0 Å². The number of carbonyl (C=O) groups excluding carboxylic acids is 1. The molecule has 0 amide bonds. The lowest BCUT2D eigenvalue weighted by atomic mass is 9.61. The maximum absolute atomic E-state index is 14.1. The number of rotatable bonds is 7. The van der Waals surface area contributed by atoms with Crippen molar-refractivity contribution < 1.29 is 4.79 Å². The van der Waals surface area contributed by atoms with Gasteiger partial charge in [0.05, 0.1) is 0 Å². The second-order valence-electron chi connectivity index (χ2n) is 14.1. The standard InChI is InChI=1S/C31H56O/c1-23-14-12-17-27(25(23)3)26-16-9-11-20-31(7,22-26)28(32)29(4,5)18-13-21-30(6)19-10-8-15-24(30)2/h23-27H,8-22H2,1-7H3. The van der Waals surface area contributed by atoms with Gasteiger partial charge in [0.1, 0.15) is 5.78 Å². The molecule has 3 fully saturated rings. The van der Waals surface area contributed by atoms with Gasteiger partial charge in [-0.2, -0.15) is 0 Å². The number of hydrogen-bond acceptors (Lipinski definition) is 1. The third kappa shape index (κ3) is 5.83. The van der Waals surface area contributed by atoms with E-state index in [1.54, 1.807) is 0 Å². The van der Waals surface area contributed by atoms with Crippen LogP contribution in [0.2, 0.25) is 0 Å². The topological polar surface area (TPSA) is 17.1 Å². The lowest BCUT2D eigenvalue weighted by Crippen LogP contribution is -2.41. The summed E-state index contributed by atoms with van der Waals surface area (Å²) in [5.74, 6) is 4.74. The largest absolute Gasteiger partial charge is 0.298 e. The maximum Gasteiger partial charge on any atom is 0.144 e. The van der Waals surface area contributed by atoms with Crippen LogP contribution in [0.1, 0.15) is 145 Å². The van der Waals surface area contributed by atoms with Gasteiger partial charge in [0, 0.05) is 10.8 Å². The van der Waals surface area contributed by atoms with Gasteiger partial charge in [0.25, 0.3) is 0 Å². The highest BCUT2D eigenvalue weighted by Gasteiger charge is 2.46. The van der Waals surface area contributed by atoms with E-state index >= 15 is 0 Å². The summed E-state index contributed by atoms with van der Waals surface area (Å²) in [7, 11) is 0. The fourth-order valence-corrected chi connectivity index (χ4v) is 8.37. The van der Waals surface area contributed by atoms with Crippen molar-refractivity contribution in [3.05, 3.63) is 0 Å². The molecule has 0 radical (unpaired) electrons. The zero-order chi connectivity index (χ0) is 23.6. The van der Waals surface area contributed by atoms with E-state index in [0.29, 0.717) is 11.2 Å². The maximum atomic E-state index is 14.1. The van der Waals surface area contributed by atoms with E-state index in [1.165, 1.54) is 77.0 Å². The highest BCUT2D eigenvalue weighted by Crippen LogP contribution is 2.51. The summed E-state index contributed by atoms with van der Waals surface area (Å²) in [5, 5.41) is 0. The number of ketones is 1. The van der Waals surface area contributed by atoms with Crippen LogP contribution in [0.4, 0.5) is 0 Å². The van der Waals surface area contributed by atoms with Crippen LogP contribution < -0.4 is 0 Å². The Balaban J connectivity index is 1.64. The summed E-state index contributed by atoms with van der Waals surface area (Å²) in [4.78, 5) is 14.1. The van der Waals surface area contributed by atoms with Crippen LogP contribution >= 0.6 is 0 Å². The summed E-state index contributed by atoms with van der Waals surface area (Å²) in [6.07, 6.45) is 19.7. The fraction of sp³-hybridized carbons (Fsp3) is 0.968. The van der Waals surface area contributed by atoms with Gasteiger partial charge in [0.15, 0.2) is 0 Å². The van der Waals surface area contributed by atoms with E-state index in [1.807, 2.05) is 0 Å². The van der Waals surface area contributed by atoms with Gasteiger partial charge in [-0.05, 0) is 73.5 Å². The fourth-order valence-electron chi connectivity index (χ4n) is 8.37. The van der Waals surface area contributed by atoms with E-state index in [9.17, 15) is 4.79 Å². The molecule has 3 saturated carbocycles. The van der Waals surface area contributed by atoms with Crippen LogP contribution in [0.15, 0.2) is 0 Å². The van der Waals surface area contributed by atoms with Gasteiger partial charge in [-0.25, -0.2) is 0 Å². The number of hydrogen-bond donors (Lipinski definition) is 0. The summed E-state index contributed by atoms with van der Waals surface area (Å²) >= 11 is 0. The van der Waals surface area contributed by atoms with Crippen molar-refractivity contribution in [2.75, 3.05) is 0 Å². The van der Waals surface area contributed by atoms with Crippen molar-refractivity contribution in [3.8, 4) is 0 Å². The van der Waals surface area contributed by atoms with Gasteiger partial charge >= 0.3 is 0 Å². The highest BCUT2D eigenvalue weighted by molar-refractivity contribution is 5.89. The van der Waals surface area contributed by atoms with Crippen molar-refractivity contribution in [1.29, 1.82) is 0 Å². The van der Waals surface area contributed by atoms with E-state index in [0.717, 1.165) is 48.9 Å². The summed E-state index contributed by atoms with van der Waals surface area (Å²) < 4.78 is 0. The van der Waals surface area contributed by atoms with Gasteiger partial charge < -0.3 is 0 Å². The smallest absolute Gasteiger partial charge is 0.144 e. The first-order valence-corrected chi connectivity index (χ1v) is 14.5. The Labute approximate surface area is 201 Å². The van der Waals surface area contributed by atoms with Crippen LogP contribution in [0.25, 0.3) is 0 Å². The molecule has 0 aromatic rings. The first-order valence-electron chi connectivity index (χ1n) is 14.5. The molecule has 1 heteroatoms. The molecule has 3 rings (SSSR count). The Morgan fingerprint density at radius 3 is 2.28 bits per heavy atom. The van der Waals surface area contributed by atoms with Crippen molar-refractivity contribution >= 4 is 5.78 Å². The molecule has 3 aliphatic rings. The first-order chi connectivity index (χ1) is 15.0. The molecular weight excluding hydrogens is 388 g/mol. The Hall–Kier alpha value is -0.330. The average molecular weight is 445 g/mol. The first kappa shape index (κ1) is 26.3. The molecular formula is C31H56O. The summed E-state index contributed by atoms with van der Waals surface area (Å²) in [6, 6.07) is 0. The van der Waals surface area contributed by atoms with Gasteiger partial charge in [0.2, 0.25) is 0 Å². The quantitative estimate of drug-likeness (QED) is 0.357. The molecule has 7 atom stereocenters. The van der Waals surface area contributed by atoms with E-state index < -0.39 is 0 Å². The van der Waals surface area contributed by atoms with Crippen LogP contribution in [-0.4, -0.2) is 5.78 Å². The van der Waals surface area contributed by atoms with Gasteiger partial charge in [-0.3, -0.25) is 4.79 Å². The van der Waals surface area contributed by atoms with Crippen molar-refractivity contribution in [2.24, 2.45) is 45.8 Å². The third-order valence-corrected chi connectivity index (χ3v) is 11.2. The Bertz CT molecular complexity index is 620. The molecule has 0 heterocycles. The molecule has 7 unspecified atom stereocenters. The minimum Gasteiger partial charge on any atom is -0.298 e. The van der Waals surface area contributed by atoms with Crippen LogP contribution in [0.5, 0.6) is 0 Å². The SMILES string of the molecule is CC1CCCC(C2CCCCC(C)(C(=O)C(C)(C)CCCC3(C)CCCCC3C)C2)C1C. The van der Waals surface area contributed by atoms with Crippen LogP contribution in [0, 0.1) is 45.8 Å². The lowest BCUT2D eigenvalue weighted by Gasteiger charge is -2.43. The van der Waals surface area contributed by atoms with E-state index in [4.69, 9.17) is 0 Å². The van der Waals surface area contributed by atoms with Crippen LogP contribution in [-0.2, 0) is 4.79 Å². The zero-order valence-electron chi connectivity index (χ0n) is 22.9. The highest BCUT2D eigenvalue weighted by atomic mass is 16.1. The minimum absolute atomic E-state index is 0.104. The zero-order valence-corrected chi connectivity index (χ0v) is 22.9. The van der Waals surface area contributed by atoms with E-state index in [2.05, 4.69) is 48.5 Å². The Morgan fingerprint density at radius 1 is 0.875 bits per heavy atom. The predicted octanol–water partition coefficient (Wildman–Crippen LogP) is 9.63. The molecule has 0 bridgehead atoms. The Morgan fingerprint density at radius 2 is 1.56 bits per heavy atom. The monoisotopic (exact) mass is 444 g/mol. The molecule has 186 valence electrons. The second-order valence-corrected chi connectivity index (χ2v) is 14.1. The van der Waals surface area contributed by atoms with Gasteiger partial charge in [-0.1, -0.05) is 106 Å². The second kappa shape index (κ2) is 10.5.